The molecule has 4 nitrogen and oxygen atoms in total. The van der Waals surface area contributed by atoms with Gasteiger partial charge in [0.25, 0.3) is 0 Å². The van der Waals surface area contributed by atoms with Crippen molar-refractivity contribution in [3.05, 3.63) is 50.6 Å². The minimum absolute atomic E-state index is 0.594. The minimum atomic E-state index is 0.594. The normalized spacial score (nSPS) is 19.0. The third-order valence-electron chi connectivity index (χ3n) is 6.02. The van der Waals surface area contributed by atoms with Gasteiger partial charge in [-0.25, -0.2) is 0 Å². The van der Waals surface area contributed by atoms with Gasteiger partial charge in [-0.15, -0.1) is 10.2 Å². The molecule has 0 atom stereocenters. The number of aromatic nitrogens is 3. The van der Waals surface area contributed by atoms with Crippen LogP contribution in [0.3, 0.4) is 0 Å². The predicted octanol–water partition coefficient (Wildman–Crippen LogP) is 5.68. The average Bonchev–Trinajstić information content (AvgIpc) is 3.08. The summed E-state index contributed by atoms with van der Waals surface area (Å²) < 4.78 is 3.45. The van der Waals surface area contributed by atoms with Gasteiger partial charge < -0.3 is 4.57 Å². The monoisotopic (exact) mass is 460 g/mol. The van der Waals surface area contributed by atoms with Crippen LogP contribution in [0.25, 0.3) is 0 Å². The van der Waals surface area contributed by atoms with E-state index in [1.165, 1.54) is 58.4 Å². The van der Waals surface area contributed by atoms with Crippen LogP contribution in [-0.4, -0.2) is 32.8 Å². The summed E-state index contributed by atoms with van der Waals surface area (Å²) >= 11 is 5.46. The largest absolute Gasteiger partial charge is 0.309 e. The summed E-state index contributed by atoms with van der Waals surface area (Å²) in [6, 6.07) is 6.55. The van der Waals surface area contributed by atoms with E-state index in [1.807, 2.05) is 0 Å². The number of benzene rings is 1. The molecule has 1 fully saturated rings. The van der Waals surface area contributed by atoms with Crippen molar-refractivity contribution in [1.82, 2.24) is 19.7 Å². The third-order valence-corrected chi connectivity index (χ3v) is 7.79. The Morgan fingerprint density at radius 1 is 1.25 bits per heavy atom. The van der Waals surface area contributed by atoms with Crippen LogP contribution in [0.15, 0.2) is 38.8 Å². The second-order valence-corrected chi connectivity index (χ2v) is 10.1. The first-order valence-electron chi connectivity index (χ1n) is 10.3. The van der Waals surface area contributed by atoms with E-state index in [4.69, 9.17) is 0 Å². The maximum Gasteiger partial charge on any atom is 0.195 e. The van der Waals surface area contributed by atoms with Gasteiger partial charge in [-0.2, -0.15) is 0 Å². The highest BCUT2D eigenvalue weighted by molar-refractivity contribution is 9.10. The second-order valence-electron chi connectivity index (χ2n) is 8.01. The van der Waals surface area contributed by atoms with Gasteiger partial charge in [-0.3, -0.25) is 4.90 Å². The average molecular weight is 461 g/mol. The number of thioether (sulfide) groups is 1. The van der Waals surface area contributed by atoms with E-state index >= 15 is 0 Å². The maximum atomic E-state index is 4.53. The molecule has 0 unspecified atom stereocenters. The van der Waals surface area contributed by atoms with Gasteiger partial charge in [0.15, 0.2) is 5.16 Å². The van der Waals surface area contributed by atoms with Gasteiger partial charge in [0.05, 0.1) is 0 Å². The Labute approximate surface area is 180 Å². The lowest BCUT2D eigenvalue weighted by molar-refractivity contribution is 0.281. The Kier molecular flexibility index (Phi) is 6.59. The van der Waals surface area contributed by atoms with Crippen LogP contribution in [-0.2, 0) is 20.0 Å². The lowest BCUT2D eigenvalue weighted by atomic mass is 9.89. The van der Waals surface area contributed by atoms with E-state index in [2.05, 4.69) is 73.8 Å². The molecular weight excluding hydrogens is 432 g/mol. The van der Waals surface area contributed by atoms with E-state index < -0.39 is 0 Å². The number of allylic oxidation sites excluding steroid dienone is 1. The SMILES string of the molecule is CC(=CCN1CCc2cccc(Br)c2C1)Sc1nnc(C2CCCCC2)n1C. The molecule has 28 heavy (non-hydrogen) atoms. The summed E-state index contributed by atoms with van der Waals surface area (Å²) in [6.45, 7) is 5.30. The van der Waals surface area contributed by atoms with Crippen LogP contribution in [0.4, 0.5) is 0 Å². The van der Waals surface area contributed by atoms with Crippen molar-refractivity contribution in [2.75, 3.05) is 13.1 Å². The summed E-state index contributed by atoms with van der Waals surface area (Å²) in [5, 5.41) is 10.0. The second kappa shape index (κ2) is 9.14. The number of halogens is 1. The molecular formula is C22H29BrN4S. The molecule has 0 bridgehead atoms. The number of hydrogen-bond donors (Lipinski definition) is 0. The van der Waals surface area contributed by atoms with E-state index in [-0.39, 0.29) is 0 Å². The van der Waals surface area contributed by atoms with E-state index in [0.717, 1.165) is 31.2 Å². The van der Waals surface area contributed by atoms with Crippen molar-refractivity contribution < 1.29 is 0 Å². The Bertz CT molecular complexity index is 854. The van der Waals surface area contributed by atoms with Crippen LogP contribution >= 0.6 is 27.7 Å². The fourth-order valence-corrected chi connectivity index (χ4v) is 5.62. The van der Waals surface area contributed by atoms with Crippen molar-refractivity contribution in [3.8, 4) is 0 Å². The predicted molar refractivity (Wildman–Crippen MR) is 120 cm³/mol. The zero-order chi connectivity index (χ0) is 19.5. The van der Waals surface area contributed by atoms with Crippen molar-refractivity contribution in [2.45, 2.75) is 63.1 Å². The van der Waals surface area contributed by atoms with Crippen molar-refractivity contribution >= 4 is 27.7 Å². The quantitative estimate of drug-likeness (QED) is 0.537. The molecule has 1 saturated carbocycles. The molecule has 1 aliphatic carbocycles. The van der Waals surface area contributed by atoms with Gasteiger partial charge in [-0.05, 0) is 48.3 Å². The molecule has 150 valence electrons. The highest BCUT2D eigenvalue weighted by atomic mass is 79.9. The topological polar surface area (TPSA) is 34.0 Å². The van der Waals surface area contributed by atoms with Gasteiger partial charge in [0.1, 0.15) is 5.82 Å². The standard InChI is InChI=1S/C22H29BrN4S/c1-16(11-13-27-14-12-17-9-6-10-20(23)19(17)15-27)28-22-25-24-21(26(22)2)18-7-4-3-5-8-18/h6,9-11,18H,3-5,7-8,12-15H2,1-2H3. The number of fused-ring (bicyclic) bond motifs is 1. The first-order valence-corrected chi connectivity index (χ1v) is 12.0. The fourth-order valence-electron chi connectivity index (χ4n) is 4.33. The smallest absolute Gasteiger partial charge is 0.195 e. The van der Waals surface area contributed by atoms with E-state index in [0.29, 0.717) is 5.92 Å². The molecule has 0 radical (unpaired) electrons. The van der Waals surface area contributed by atoms with Crippen molar-refractivity contribution in [3.63, 3.8) is 0 Å². The molecule has 4 rings (SSSR count). The third kappa shape index (κ3) is 4.55. The van der Waals surface area contributed by atoms with Crippen LogP contribution in [0.2, 0.25) is 0 Å². The summed E-state index contributed by atoms with van der Waals surface area (Å²) in [5.41, 5.74) is 2.92. The molecule has 0 spiro atoms. The van der Waals surface area contributed by atoms with Gasteiger partial charge >= 0.3 is 0 Å². The fraction of sp³-hybridized carbons (Fsp3) is 0.545. The van der Waals surface area contributed by atoms with Gasteiger partial charge in [-0.1, -0.05) is 65.2 Å². The Hall–Kier alpha value is -1.11. The first-order chi connectivity index (χ1) is 13.6. The lowest BCUT2D eigenvalue weighted by Gasteiger charge is -2.28. The molecule has 2 aromatic rings. The van der Waals surface area contributed by atoms with Crippen molar-refractivity contribution in [2.24, 2.45) is 7.05 Å². The molecule has 1 aromatic heterocycles. The summed E-state index contributed by atoms with van der Waals surface area (Å²) in [7, 11) is 2.12. The highest BCUT2D eigenvalue weighted by Crippen LogP contribution is 2.34. The van der Waals surface area contributed by atoms with Gasteiger partial charge in [0, 0.05) is 37.1 Å². The highest BCUT2D eigenvalue weighted by Gasteiger charge is 2.22. The first kappa shape index (κ1) is 20.2. The summed E-state index contributed by atoms with van der Waals surface area (Å²) in [4.78, 5) is 3.81. The molecule has 2 heterocycles. The zero-order valence-corrected chi connectivity index (χ0v) is 19.2. The van der Waals surface area contributed by atoms with Crippen LogP contribution in [0, 0.1) is 0 Å². The maximum absolute atomic E-state index is 4.53. The minimum Gasteiger partial charge on any atom is -0.309 e. The molecule has 1 aromatic carbocycles. The van der Waals surface area contributed by atoms with Crippen LogP contribution < -0.4 is 0 Å². The summed E-state index contributed by atoms with van der Waals surface area (Å²) in [5.74, 6) is 1.77. The number of nitrogens with zero attached hydrogens (tertiary/aromatic N) is 4. The molecule has 0 N–H and O–H groups in total. The van der Waals surface area contributed by atoms with E-state index in [1.54, 1.807) is 11.8 Å². The van der Waals surface area contributed by atoms with Crippen LogP contribution in [0.5, 0.6) is 0 Å². The summed E-state index contributed by atoms with van der Waals surface area (Å²) in [6.07, 6.45) is 10.0. The van der Waals surface area contributed by atoms with Crippen LogP contribution in [0.1, 0.15) is 61.9 Å². The molecule has 0 amide bonds. The Morgan fingerprint density at radius 2 is 2.07 bits per heavy atom. The zero-order valence-electron chi connectivity index (χ0n) is 16.8. The number of rotatable bonds is 5. The lowest BCUT2D eigenvalue weighted by Crippen LogP contribution is -2.30. The Morgan fingerprint density at radius 3 is 2.89 bits per heavy atom. The van der Waals surface area contributed by atoms with Crippen molar-refractivity contribution in [1.29, 1.82) is 0 Å². The van der Waals surface area contributed by atoms with Gasteiger partial charge in [0.2, 0.25) is 0 Å². The molecule has 1 aliphatic heterocycles. The molecule has 6 heteroatoms. The Balaban J connectivity index is 1.36. The molecule has 2 aliphatic rings. The molecule has 0 saturated heterocycles. The van der Waals surface area contributed by atoms with E-state index in [9.17, 15) is 0 Å². The number of hydrogen-bond acceptors (Lipinski definition) is 4.